The molecule has 0 aliphatic rings. The number of aliphatic hydroxyl groups excluding tert-OH is 1. The van der Waals surface area contributed by atoms with Crippen molar-refractivity contribution < 1.29 is 5.11 Å². The molecule has 0 aliphatic heterocycles. The van der Waals surface area contributed by atoms with Gasteiger partial charge < -0.3 is 10.0 Å². The van der Waals surface area contributed by atoms with E-state index >= 15 is 0 Å². The first-order valence-corrected chi connectivity index (χ1v) is 6.50. The molecule has 0 unspecified atom stereocenters. The lowest BCUT2D eigenvalue weighted by molar-refractivity contribution is 0.304. The van der Waals surface area contributed by atoms with Crippen LogP contribution in [0.2, 0.25) is 10.2 Å². The lowest BCUT2D eigenvalue weighted by atomic mass is 10.1. The van der Waals surface area contributed by atoms with E-state index in [2.05, 4.69) is 10.2 Å². The van der Waals surface area contributed by atoms with Crippen molar-refractivity contribution in [2.24, 2.45) is 0 Å². The van der Waals surface area contributed by atoms with Crippen molar-refractivity contribution in [3.05, 3.63) is 40.5 Å². The summed E-state index contributed by atoms with van der Waals surface area (Å²) >= 11 is 12.4. The molecule has 0 aliphatic carbocycles. The molecule has 0 atom stereocenters. The predicted octanol–water partition coefficient (Wildman–Crippen LogP) is 2.88. The maximum Gasteiger partial charge on any atom is 0.176 e. The normalized spacial score (nSPS) is 10.5. The summed E-state index contributed by atoms with van der Waals surface area (Å²) in [6.45, 7) is 0.422. The van der Waals surface area contributed by atoms with Gasteiger partial charge in [0.05, 0.1) is 17.3 Å². The average Bonchev–Trinajstić information content (AvgIpc) is 2.40. The van der Waals surface area contributed by atoms with Crippen molar-refractivity contribution in [3.8, 4) is 11.3 Å². The summed E-state index contributed by atoms with van der Waals surface area (Å²) in [6.07, 6.45) is 0. The molecule has 1 heterocycles. The van der Waals surface area contributed by atoms with E-state index in [0.717, 1.165) is 5.56 Å². The van der Waals surface area contributed by atoms with Crippen LogP contribution in [0.4, 0.5) is 5.69 Å². The number of aromatic nitrogens is 2. The molecule has 0 bridgehead atoms. The Balaban J connectivity index is 2.51. The van der Waals surface area contributed by atoms with Crippen LogP contribution in [-0.4, -0.2) is 35.5 Å². The average molecular weight is 298 g/mol. The molecule has 0 saturated carbocycles. The highest BCUT2D eigenvalue weighted by Crippen LogP contribution is 2.37. The first-order chi connectivity index (χ1) is 9.15. The Morgan fingerprint density at radius 3 is 2.47 bits per heavy atom. The second-order valence-electron chi connectivity index (χ2n) is 4.01. The molecule has 4 nitrogen and oxygen atoms in total. The summed E-state index contributed by atoms with van der Waals surface area (Å²) in [5.41, 5.74) is 2.02. The van der Waals surface area contributed by atoms with E-state index in [9.17, 15) is 0 Å². The van der Waals surface area contributed by atoms with E-state index in [1.54, 1.807) is 11.9 Å². The molecule has 6 heteroatoms. The van der Waals surface area contributed by atoms with Crippen LogP contribution in [0.1, 0.15) is 0 Å². The SMILES string of the molecule is CN(CCO)c1c(Cl)nnc(-c2ccccc2)c1Cl. The monoisotopic (exact) mass is 297 g/mol. The van der Waals surface area contributed by atoms with Gasteiger partial charge in [0.15, 0.2) is 5.15 Å². The Hall–Kier alpha value is -1.36. The highest BCUT2D eigenvalue weighted by Gasteiger charge is 2.18. The van der Waals surface area contributed by atoms with Crippen LogP contribution < -0.4 is 4.90 Å². The van der Waals surface area contributed by atoms with Crippen molar-refractivity contribution in [1.82, 2.24) is 10.2 Å². The summed E-state index contributed by atoms with van der Waals surface area (Å²) in [5, 5.41) is 17.6. The van der Waals surface area contributed by atoms with E-state index in [4.69, 9.17) is 28.3 Å². The largest absolute Gasteiger partial charge is 0.395 e. The van der Waals surface area contributed by atoms with Crippen molar-refractivity contribution in [1.29, 1.82) is 0 Å². The minimum atomic E-state index is 0.00610. The number of nitrogens with zero attached hydrogens (tertiary/aromatic N) is 3. The van der Waals surface area contributed by atoms with E-state index in [-0.39, 0.29) is 11.8 Å². The molecule has 0 amide bonds. The molecule has 2 aromatic rings. The van der Waals surface area contributed by atoms with Crippen LogP contribution in [0.5, 0.6) is 0 Å². The maximum atomic E-state index is 9.00. The lowest BCUT2D eigenvalue weighted by Gasteiger charge is -2.20. The third-order valence-electron chi connectivity index (χ3n) is 2.71. The smallest absolute Gasteiger partial charge is 0.176 e. The number of hydrogen-bond donors (Lipinski definition) is 1. The van der Waals surface area contributed by atoms with Crippen LogP contribution in [0.25, 0.3) is 11.3 Å². The molecular formula is C13H13Cl2N3O. The molecule has 19 heavy (non-hydrogen) atoms. The van der Waals surface area contributed by atoms with Crippen LogP contribution in [0.15, 0.2) is 30.3 Å². The van der Waals surface area contributed by atoms with Gasteiger partial charge in [0.1, 0.15) is 5.69 Å². The molecule has 2 rings (SSSR count). The van der Waals surface area contributed by atoms with Gasteiger partial charge in [-0.1, -0.05) is 53.5 Å². The first-order valence-electron chi connectivity index (χ1n) is 5.74. The van der Waals surface area contributed by atoms with Gasteiger partial charge >= 0.3 is 0 Å². The maximum absolute atomic E-state index is 9.00. The molecule has 0 fully saturated rings. The Morgan fingerprint density at radius 2 is 1.84 bits per heavy atom. The minimum absolute atomic E-state index is 0.00610. The van der Waals surface area contributed by atoms with Gasteiger partial charge in [-0.2, -0.15) is 0 Å². The molecule has 0 radical (unpaired) electrons. The summed E-state index contributed by atoms with van der Waals surface area (Å²) in [5.74, 6) is 0. The van der Waals surface area contributed by atoms with E-state index in [0.29, 0.717) is 22.9 Å². The van der Waals surface area contributed by atoms with Crippen molar-refractivity contribution in [3.63, 3.8) is 0 Å². The topological polar surface area (TPSA) is 49.2 Å². The Bertz CT molecular complexity index is 563. The highest BCUT2D eigenvalue weighted by atomic mass is 35.5. The van der Waals surface area contributed by atoms with Gasteiger partial charge in [0.2, 0.25) is 0 Å². The third kappa shape index (κ3) is 2.97. The fourth-order valence-corrected chi connectivity index (χ4v) is 2.46. The van der Waals surface area contributed by atoms with E-state index in [1.165, 1.54) is 0 Å². The van der Waals surface area contributed by atoms with Gasteiger partial charge in [-0.25, -0.2) is 0 Å². The van der Waals surface area contributed by atoms with Crippen molar-refractivity contribution in [2.75, 3.05) is 25.1 Å². The Kier molecular flexibility index (Phi) is 4.58. The third-order valence-corrected chi connectivity index (χ3v) is 3.33. The predicted molar refractivity (Wildman–Crippen MR) is 77.8 cm³/mol. The fourth-order valence-electron chi connectivity index (χ4n) is 1.76. The molecule has 0 spiro atoms. The zero-order chi connectivity index (χ0) is 13.8. The van der Waals surface area contributed by atoms with Gasteiger partial charge in [-0.05, 0) is 0 Å². The molecule has 1 N–H and O–H groups in total. The van der Waals surface area contributed by atoms with E-state index < -0.39 is 0 Å². The second kappa shape index (κ2) is 6.19. The minimum Gasteiger partial charge on any atom is -0.395 e. The fraction of sp³-hybridized carbons (Fsp3) is 0.231. The Morgan fingerprint density at radius 1 is 1.16 bits per heavy atom. The zero-order valence-corrected chi connectivity index (χ0v) is 11.9. The van der Waals surface area contributed by atoms with Crippen LogP contribution in [0, 0.1) is 0 Å². The first kappa shape index (κ1) is 14.1. The van der Waals surface area contributed by atoms with Gasteiger partial charge in [0.25, 0.3) is 0 Å². The van der Waals surface area contributed by atoms with Crippen molar-refractivity contribution >= 4 is 28.9 Å². The van der Waals surface area contributed by atoms with Crippen LogP contribution in [0.3, 0.4) is 0 Å². The summed E-state index contributed by atoms with van der Waals surface area (Å²) in [6, 6.07) is 9.52. The molecule has 1 aromatic heterocycles. The number of rotatable bonds is 4. The molecule has 1 aromatic carbocycles. The quantitative estimate of drug-likeness (QED) is 0.943. The van der Waals surface area contributed by atoms with Crippen molar-refractivity contribution in [2.45, 2.75) is 0 Å². The van der Waals surface area contributed by atoms with Crippen LogP contribution >= 0.6 is 23.2 Å². The van der Waals surface area contributed by atoms with Crippen LogP contribution in [-0.2, 0) is 0 Å². The number of aliphatic hydroxyl groups is 1. The summed E-state index contributed by atoms with van der Waals surface area (Å²) in [4.78, 5) is 1.76. The summed E-state index contributed by atoms with van der Waals surface area (Å²) < 4.78 is 0. The van der Waals surface area contributed by atoms with E-state index in [1.807, 2.05) is 30.3 Å². The number of halogens is 2. The molecule has 100 valence electrons. The molecule has 0 saturated heterocycles. The van der Waals surface area contributed by atoms with Gasteiger partial charge in [-0.3, -0.25) is 0 Å². The number of benzene rings is 1. The Labute approximate surface area is 121 Å². The number of anilines is 1. The zero-order valence-electron chi connectivity index (χ0n) is 10.3. The molecular weight excluding hydrogens is 285 g/mol. The lowest BCUT2D eigenvalue weighted by Crippen LogP contribution is -2.22. The summed E-state index contributed by atoms with van der Waals surface area (Å²) in [7, 11) is 1.79. The number of hydrogen-bond acceptors (Lipinski definition) is 4. The highest BCUT2D eigenvalue weighted by molar-refractivity contribution is 6.39. The number of likely N-dealkylation sites (N-methyl/N-ethyl adjacent to an activating group) is 1. The standard InChI is InChI=1S/C13H13Cl2N3O/c1-18(7-8-19)12-10(14)11(16-17-13(12)15)9-5-3-2-4-6-9/h2-6,19H,7-8H2,1H3. The van der Waals surface area contributed by atoms with Gasteiger partial charge in [0, 0.05) is 19.2 Å². The van der Waals surface area contributed by atoms with Gasteiger partial charge in [-0.15, -0.1) is 10.2 Å². The second-order valence-corrected chi connectivity index (χ2v) is 4.75.